The molecule has 1 heterocycles. The monoisotopic (exact) mass is 470 g/mol. The van der Waals surface area contributed by atoms with Crippen molar-refractivity contribution in [2.75, 3.05) is 19.6 Å². The third-order valence-corrected chi connectivity index (χ3v) is 8.28. The van der Waals surface area contributed by atoms with Crippen molar-refractivity contribution in [3.8, 4) is 0 Å². The molecule has 172 valence electrons. The minimum atomic E-state index is -3.71. The highest BCUT2D eigenvalue weighted by molar-refractivity contribution is 7.89. The minimum Gasteiger partial charge on any atom is -0.449 e. The van der Waals surface area contributed by atoms with Crippen LogP contribution >= 0.6 is 11.6 Å². The van der Waals surface area contributed by atoms with E-state index < -0.39 is 22.1 Å². The van der Waals surface area contributed by atoms with Crippen molar-refractivity contribution in [1.29, 1.82) is 0 Å². The van der Waals surface area contributed by atoms with Gasteiger partial charge in [0, 0.05) is 19.6 Å². The van der Waals surface area contributed by atoms with E-state index in [1.54, 1.807) is 0 Å². The molecule has 1 unspecified atom stereocenters. The Kier molecular flexibility index (Phi) is 8.36. The maximum atomic E-state index is 12.9. The molecule has 7 nitrogen and oxygen atoms in total. The molecule has 2 fully saturated rings. The molecule has 1 aromatic carbocycles. The molecule has 0 radical (unpaired) electrons. The van der Waals surface area contributed by atoms with Crippen molar-refractivity contribution in [3.63, 3.8) is 0 Å². The lowest BCUT2D eigenvalue weighted by atomic mass is 9.89. The first-order chi connectivity index (χ1) is 14.8. The van der Waals surface area contributed by atoms with Crippen LogP contribution in [0.25, 0.3) is 0 Å². The molecule has 1 saturated carbocycles. The summed E-state index contributed by atoms with van der Waals surface area (Å²) in [6, 6.07) is 4.01. The summed E-state index contributed by atoms with van der Waals surface area (Å²) >= 11 is 6.14. The number of carbonyl (C=O) groups excluding carboxylic acids is 2. The Balaban J connectivity index is 1.63. The Labute approximate surface area is 189 Å². The van der Waals surface area contributed by atoms with Gasteiger partial charge in [0.05, 0.1) is 15.5 Å². The van der Waals surface area contributed by atoms with E-state index in [1.165, 1.54) is 48.7 Å². The number of piperidine rings is 1. The number of esters is 1. The predicted molar refractivity (Wildman–Crippen MR) is 119 cm³/mol. The minimum absolute atomic E-state index is 0.000142. The molecule has 0 bridgehead atoms. The fourth-order valence-corrected chi connectivity index (χ4v) is 5.87. The van der Waals surface area contributed by atoms with Gasteiger partial charge in [0.25, 0.3) is 5.91 Å². The highest BCUT2D eigenvalue weighted by Crippen LogP contribution is 2.26. The smallest absolute Gasteiger partial charge is 0.340 e. The van der Waals surface area contributed by atoms with E-state index in [9.17, 15) is 18.0 Å². The van der Waals surface area contributed by atoms with Crippen LogP contribution in [0.5, 0.6) is 0 Å². The number of rotatable bonds is 7. The summed E-state index contributed by atoms with van der Waals surface area (Å²) in [5, 5.41) is 2.93. The Bertz CT molecular complexity index is 893. The van der Waals surface area contributed by atoms with Crippen LogP contribution in [0, 0.1) is 5.92 Å². The highest BCUT2D eigenvalue weighted by Gasteiger charge is 2.28. The van der Waals surface area contributed by atoms with Crippen molar-refractivity contribution >= 4 is 33.5 Å². The number of nitrogens with zero attached hydrogens (tertiary/aromatic N) is 1. The van der Waals surface area contributed by atoms with Gasteiger partial charge >= 0.3 is 5.97 Å². The first-order valence-electron chi connectivity index (χ1n) is 11.1. The zero-order chi connectivity index (χ0) is 22.4. The molecule has 31 heavy (non-hydrogen) atoms. The Hall–Kier alpha value is -1.64. The van der Waals surface area contributed by atoms with E-state index in [0.717, 1.165) is 32.1 Å². The van der Waals surface area contributed by atoms with Crippen LogP contribution in [0.4, 0.5) is 0 Å². The number of ether oxygens (including phenoxy) is 1. The van der Waals surface area contributed by atoms with Gasteiger partial charge in [-0.05, 0) is 56.7 Å². The predicted octanol–water partition coefficient (Wildman–Crippen LogP) is 3.76. The Morgan fingerprint density at radius 3 is 2.45 bits per heavy atom. The molecule has 1 aromatic rings. The number of halogens is 1. The molecule has 1 aliphatic carbocycles. The molecular weight excluding hydrogens is 440 g/mol. The fourth-order valence-electron chi connectivity index (χ4n) is 4.13. The Morgan fingerprint density at radius 2 is 1.77 bits per heavy atom. The van der Waals surface area contributed by atoms with Crippen LogP contribution in [-0.4, -0.2) is 50.3 Å². The quantitative estimate of drug-likeness (QED) is 0.612. The second-order valence-corrected chi connectivity index (χ2v) is 10.7. The molecule has 1 saturated heterocycles. The van der Waals surface area contributed by atoms with Crippen LogP contribution in [0.1, 0.15) is 68.6 Å². The van der Waals surface area contributed by atoms with E-state index in [4.69, 9.17) is 16.3 Å². The zero-order valence-electron chi connectivity index (χ0n) is 17.9. The number of carbonyl (C=O) groups is 2. The first-order valence-corrected chi connectivity index (χ1v) is 12.9. The van der Waals surface area contributed by atoms with Crippen LogP contribution in [-0.2, 0) is 19.6 Å². The van der Waals surface area contributed by atoms with Gasteiger partial charge in [-0.3, -0.25) is 4.79 Å². The van der Waals surface area contributed by atoms with Gasteiger partial charge in [0.1, 0.15) is 0 Å². The summed E-state index contributed by atoms with van der Waals surface area (Å²) in [6.07, 6.45) is 7.43. The standard InChI is InChI=1S/C22H31ClN2O5S/c1-16(21(26)24-15-17-8-4-2-5-9-17)30-22(27)19-14-18(10-11-20(19)23)31(28,29)25-12-6-3-7-13-25/h10-11,14,16-17H,2-9,12-13,15H2,1H3,(H,24,26). The normalized spacial score (nSPS) is 19.5. The van der Waals surface area contributed by atoms with E-state index in [0.29, 0.717) is 25.6 Å². The van der Waals surface area contributed by atoms with Crippen molar-refractivity contribution < 1.29 is 22.7 Å². The molecule has 1 N–H and O–H groups in total. The van der Waals surface area contributed by atoms with Crippen molar-refractivity contribution in [2.45, 2.75) is 69.3 Å². The number of amides is 1. The maximum absolute atomic E-state index is 12.9. The summed E-state index contributed by atoms with van der Waals surface area (Å²) in [6.45, 7) is 2.99. The molecule has 1 amide bonds. The van der Waals surface area contributed by atoms with Crippen LogP contribution < -0.4 is 5.32 Å². The fraction of sp³-hybridized carbons (Fsp3) is 0.636. The number of sulfonamides is 1. The maximum Gasteiger partial charge on any atom is 0.340 e. The van der Waals surface area contributed by atoms with Gasteiger partial charge in [-0.15, -0.1) is 0 Å². The molecule has 3 rings (SSSR count). The van der Waals surface area contributed by atoms with Crippen molar-refractivity contribution in [1.82, 2.24) is 9.62 Å². The lowest BCUT2D eigenvalue weighted by molar-refractivity contribution is -0.129. The van der Waals surface area contributed by atoms with Gasteiger partial charge in [-0.25, -0.2) is 13.2 Å². The van der Waals surface area contributed by atoms with Gasteiger partial charge in [0.2, 0.25) is 10.0 Å². The second kappa shape index (κ2) is 10.8. The Morgan fingerprint density at radius 1 is 1.13 bits per heavy atom. The number of hydrogen-bond donors (Lipinski definition) is 1. The summed E-state index contributed by atoms with van der Waals surface area (Å²) in [5.41, 5.74) is -0.0633. The van der Waals surface area contributed by atoms with Crippen LogP contribution in [0.3, 0.4) is 0 Å². The summed E-state index contributed by atoms with van der Waals surface area (Å²) in [5.74, 6) is -0.722. The third-order valence-electron chi connectivity index (χ3n) is 6.05. The lowest BCUT2D eigenvalue weighted by Crippen LogP contribution is -2.38. The van der Waals surface area contributed by atoms with E-state index in [2.05, 4.69) is 5.32 Å². The molecule has 0 aromatic heterocycles. The SMILES string of the molecule is CC(OC(=O)c1cc(S(=O)(=O)N2CCCCC2)ccc1Cl)C(=O)NCC1CCCCC1. The molecule has 1 atom stereocenters. The topological polar surface area (TPSA) is 92.8 Å². The third kappa shape index (κ3) is 6.20. The van der Waals surface area contributed by atoms with Gasteiger partial charge in [-0.2, -0.15) is 4.31 Å². The van der Waals surface area contributed by atoms with Gasteiger partial charge in [0.15, 0.2) is 6.10 Å². The average Bonchev–Trinajstić information content (AvgIpc) is 2.78. The number of benzene rings is 1. The molecule has 9 heteroatoms. The van der Waals surface area contributed by atoms with Gasteiger partial charge in [-0.1, -0.05) is 37.3 Å². The molecule has 2 aliphatic rings. The van der Waals surface area contributed by atoms with Crippen molar-refractivity contribution in [2.24, 2.45) is 5.92 Å². The van der Waals surface area contributed by atoms with Gasteiger partial charge < -0.3 is 10.1 Å². The van der Waals surface area contributed by atoms with E-state index in [1.807, 2.05) is 0 Å². The largest absolute Gasteiger partial charge is 0.449 e. The molecular formula is C22H31ClN2O5S. The van der Waals surface area contributed by atoms with Crippen LogP contribution in [0.2, 0.25) is 5.02 Å². The number of hydrogen-bond acceptors (Lipinski definition) is 5. The second-order valence-electron chi connectivity index (χ2n) is 8.40. The summed E-state index contributed by atoms with van der Waals surface area (Å²) in [4.78, 5) is 25.0. The highest BCUT2D eigenvalue weighted by atomic mass is 35.5. The number of nitrogens with one attached hydrogen (secondary N) is 1. The lowest BCUT2D eigenvalue weighted by Gasteiger charge is -2.26. The summed E-state index contributed by atoms with van der Waals surface area (Å²) in [7, 11) is -3.71. The summed E-state index contributed by atoms with van der Waals surface area (Å²) < 4.78 is 32.5. The first kappa shape index (κ1) is 24.0. The molecule has 0 spiro atoms. The van der Waals surface area contributed by atoms with Crippen molar-refractivity contribution in [3.05, 3.63) is 28.8 Å². The zero-order valence-corrected chi connectivity index (χ0v) is 19.5. The average molecular weight is 471 g/mol. The van der Waals surface area contributed by atoms with E-state index >= 15 is 0 Å². The van der Waals surface area contributed by atoms with Crippen LogP contribution in [0.15, 0.2) is 23.1 Å². The molecule has 1 aliphatic heterocycles. The van der Waals surface area contributed by atoms with E-state index in [-0.39, 0.29) is 21.4 Å².